The zero-order valence-corrected chi connectivity index (χ0v) is 16.8. The number of piperidine rings is 1. The first-order valence-electron chi connectivity index (χ1n) is 10.6. The smallest absolute Gasteiger partial charge is 0.223 e. The van der Waals surface area contributed by atoms with Crippen molar-refractivity contribution in [3.05, 3.63) is 36.3 Å². The quantitative estimate of drug-likeness (QED) is 0.864. The number of hydrogen-bond acceptors (Lipinski definition) is 4. The van der Waals surface area contributed by atoms with Crippen molar-refractivity contribution < 1.29 is 4.79 Å². The lowest BCUT2D eigenvalue weighted by molar-refractivity contribution is -0.127. The van der Waals surface area contributed by atoms with Crippen LogP contribution < -0.4 is 5.32 Å². The Hall–Kier alpha value is -2.21. The molecule has 1 saturated carbocycles. The highest BCUT2D eigenvalue weighted by Gasteiger charge is 2.26. The maximum absolute atomic E-state index is 12.5. The molecular formula is C22H31N5O. The predicted molar refractivity (Wildman–Crippen MR) is 109 cm³/mol. The van der Waals surface area contributed by atoms with Gasteiger partial charge in [-0.05, 0) is 43.9 Å². The molecule has 0 aromatic carbocycles. The van der Waals surface area contributed by atoms with Crippen LogP contribution in [0, 0.1) is 5.92 Å². The van der Waals surface area contributed by atoms with Gasteiger partial charge in [-0.2, -0.15) is 5.10 Å². The highest BCUT2D eigenvalue weighted by Crippen LogP contribution is 2.25. The number of pyridine rings is 1. The molecule has 1 aliphatic heterocycles. The maximum atomic E-state index is 12.5. The van der Waals surface area contributed by atoms with Gasteiger partial charge in [0, 0.05) is 56.6 Å². The van der Waals surface area contributed by atoms with Gasteiger partial charge in [0.05, 0.1) is 11.4 Å². The van der Waals surface area contributed by atoms with Crippen molar-refractivity contribution in [3.8, 4) is 11.3 Å². The van der Waals surface area contributed by atoms with E-state index < -0.39 is 0 Å². The summed E-state index contributed by atoms with van der Waals surface area (Å²) >= 11 is 0. The van der Waals surface area contributed by atoms with E-state index in [2.05, 4.69) is 26.4 Å². The molecule has 1 aliphatic carbocycles. The summed E-state index contributed by atoms with van der Waals surface area (Å²) in [4.78, 5) is 19.1. The first kappa shape index (κ1) is 19.1. The molecule has 0 spiro atoms. The van der Waals surface area contributed by atoms with Crippen molar-refractivity contribution in [3.63, 3.8) is 0 Å². The molecule has 0 bridgehead atoms. The average Bonchev–Trinajstić information content (AvgIpc) is 3.11. The number of likely N-dealkylation sites (tertiary alicyclic amines) is 1. The van der Waals surface area contributed by atoms with E-state index in [1.165, 1.54) is 25.0 Å². The molecule has 2 aromatic heterocycles. The fourth-order valence-electron chi connectivity index (χ4n) is 4.46. The molecule has 6 nitrogen and oxygen atoms in total. The molecule has 2 aromatic rings. The van der Waals surface area contributed by atoms with Crippen LogP contribution in [0.5, 0.6) is 0 Å². The highest BCUT2D eigenvalue weighted by molar-refractivity contribution is 5.79. The zero-order valence-electron chi connectivity index (χ0n) is 16.8. The number of nitrogens with zero attached hydrogens (tertiary/aromatic N) is 4. The molecule has 1 amide bonds. The van der Waals surface area contributed by atoms with Gasteiger partial charge in [-0.1, -0.05) is 19.3 Å². The lowest BCUT2D eigenvalue weighted by atomic mass is 9.88. The van der Waals surface area contributed by atoms with E-state index >= 15 is 0 Å². The van der Waals surface area contributed by atoms with E-state index in [9.17, 15) is 4.79 Å². The summed E-state index contributed by atoms with van der Waals surface area (Å²) in [6, 6.07) is 6.48. The van der Waals surface area contributed by atoms with Crippen LogP contribution in [-0.2, 0) is 18.4 Å². The van der Waals surface area contributed by atoms with Crippen molar-refractivity contribution in [2.24, 2.45) is 13.0 Å². The number of nitrogens with one attached hydrogen (secondary N) is 1. The van der Waals surface area contributed by atoms with Crippen LogP contribution in [0.1, 0.15) is 50.6 Å². The van der Waals surface area contributed by atoms with E-state index in [1.807, 2.05) is 30.1 Å². The van der Waals surface area contributed by atoms with E-state index in [1.54, 1.807) is 6.20 Å². The fraction of sp³-hybridized carbons (Fsp3) is 0.591. The number of amides is 1. The second kappa shape index (κ2) is 8.86. The van der Waals surface area contributed by atoms with Crippen LogP contribution >= 0.6 is 0 Å². The van der Waals surface area contributed by atoms with Crippen LogP contribution in [-0.4, -0.2) is 44.7 Å². The van der Waals surface area contributed by atoms with Gasteiger partial charge < -0.3 is 5.32 Å². The minimum absolute atomic E-state index is 0.257. The summed E-state index contributed by atoms with van der Waals surface area (Å²) < 4.78 is 1.97. The number of hydrogen-bond donors (Lipinski definition) is 1. The summed E-state index contributed by atoms with van der Waals surface area (Å²) in [5.41, 5.74) is 3.23. The Morgan fingerprint density at radius 3 is 2.68 bits per heavy atom. The fourth-order valence-corrected chi connectivity index (χ4v) is 4.46. The number of aromatic nitrogens is 3. The molecule has 0 unspecified atom stereocenters. The number of carbonyl (C=O) groups excluding carboxylic acids is 1. The highest BCUT2D eigenvalue weighted by atomic mass is 16.1. The predicted octanol–water partition coefficient (Wildman–Crippen LogP) is 3.14. The molecular weight excluding hydrogens is 350 g/mol. The number of carbonyl (C=O) groups is 1. The molecule has 1 saturated heterocycles. The number of rotatable bonds is 5. The molecule has 0 atom stereocenters. The third-order valence-electron chi connectivity index (χ3n) is 6.23. The molecule has 150 valence electrons. The van der Waals surface area contributed by atoms with Gasteiger partial charge in [0.25, 0.3) is 0 Å². The van der Waals surface area contributed by atoms with Crippen LogP contribution in [0.2, 0.25) is 0 Å². The van der Waals surface area contributed by atoms with E-state index in [-0.39, 0.29) is 5.92 Å². The normalized spacial score (nSPS) is 19.6. The van der Waals surface area contributed by atoms with Crippen molar-refractivity contribution in [1.29, 1.82) is 0 Å². The zero-order chi connectivity index (χ0) is 19.3. The summed E-state index contributed by atoms with van der Waals surface area (Å²) in [7, 11) is 2.01. The van der Waals surface area contributed by atoms with Gasteiger partial charge in [-0.25, -0.2) is 0 Å². The Morgan fingerprint density at radius 2 is 1.96 bits per heavy atom. The van der Waals surface area contributed by atoms with Gasteiger partial charge >= 0.3 is 0 Å². The molecule has 0 radical (unpaired) electrons. The molecule has 4 rings (SSSR count). The van der Waals surface area contributed by atoms with Gasteiger partial charge in [0.1, 0.15) is 0 Å². The van der Waals surface area contributed by atoms with Gasteiger partial charge in [0.2, 0.25) is 5.91 Å². The van der Waals surface area contributed by atoms with Crippen LogP contribution in [0.15, 0.2) is 30.6 Å². The lowest BCUT2D eigenvalue weighted by Gasteiger charge is -2.33. The van der Waals surface area contributed by atoms with Crippen molar-refractivity contribution in [1.82, 2.24) is 25.0 Å². The second-order valence-electron chi connectivity index (χ2n) is 8.28. The summed E-state index contributed by atoms with van der Waals surface area (Å²) in [6.07, 6.45) is 11.6. The van der Waals surface area contributed by atoms with E-state index in [4.69, 9.17) is 0 Å². The first-order valence-corrected chi connectivity index (χ1v) is 10.6. The SMILES string of the molecule is Cn1nc(-c2cccnc2)cc1CN1CCC(NC(=O)C2CCCCC2)CC1. The van der Waals surface area contributed by atoms with Crippen LogP contribution in [0.4, 0.5) is 0 Å². The minimum Gasteiger partial charge on any atom is -0.353 e. The van der Waals surface area contributed by atoms with Gasteiger partial charge in [0.15, 0.2) is 0 Å². The average molecular weight is 382 g/mol. The van der Waals surface area contributed by atoms with Gasteiger partial charge in [-0.3, -0.25) is 19.4 Å². The molecule has 2 aliphatic rings. The third-order valence-corrected chi connectivity index (χ3v) is 6.23. The van der Waals surface area contributed by atoms with Crippen molar-refractivity contribution >= 4 is 5.91 Å². The molecule has 6 heteroatoms. The Balaban J connectivity index is 1.28. The summed E-state index contributed by atoms with van der Waals surface area (Å²) in [6.45, 7) is 2.93. The Kier molecular flexibility index (Phi) is 6.05. The second-order valence-corrected chi connectivity index (χ2v) is 8.28. The molecule has 2 fully saturated rings. The summed E-state index contributed by atoms with van der Waals surface area (Å²) in [5.74, 6) is 0.554. The first-order chi connectivity index (χ1) is 13.7. The van der Waals surface area contributed by atoms with E-state index in [0.29, 0.717) is 11.9 Å². The topological polar surface area (TPSA) is 63.1 Å². The Labute approximate surface area is 167 Å². The Morgan fingerprint density at radius 1 is 1.18 bits per heavy atom. The Bertz CT molecular complexity index is 773. The third kappa shape index (κ3) is 4.61. The minimum atomic E-state index is 0.257. The molecule has 1 N–H and O–H groups in total. The summed E-state index contributed by atoms with van der Waals surface area (Å²) in [5, 5.41) is 7.97. The van der Waals surface area contributed by atoms with Crippen LogP contribution in [0.3, 0.4) is 0 Å². The molecule has 3 heterocycles. The van der Waals surface area contributed by atoms with Crippen LogP contribution in [0.25, 0.3) is 11.3 Å². The van der Waals surface area contributed by atoms with Gasteiger partial charge in [-0.15, -0.1) is 0 Å². The lowest BCUT2D eigenvalue weighted by Crippen LogP contribution is -2.46. The standard InChI is InChI=1S/C22H31N5O/c1-26-20(14-21(25-26)18-8-5-11-23-15-18)16-27-12-9-19(10-13-27)24-22(28)17-6-3-2-4-7-17/h5,8,11,14-15,17,19H,2-4,6-7,9-10,12-13,16H2,1H3,(H,24,28). The number of aryl methyl sites for hydroxylation is 1. The van der Waals surface area contributed by atoms with E-state index in [0.717, 1.165) is 56.6 Å². The van der Waals surface area contributed by atoms with Crippen molar-refractivity contribution in [2.75, 3.05) is 13.1 Å². The van der Waals surface area contributed by atoms with Crippen molar-refractivity contribution in [2.45, 2.75) is 57.5 Å². The molecule has 28 heavy (non-hydrogen) atoms. The monoisotopic (exact) mass is 381 g/mol. The largest absolute Gasteiger partial charge is 0.353 e. The maximum Gasteiger partial charge on any atom is 0.223 e.